The maximum absolute atomic E-state index is 9.93. The Kier molecular flexibility index (Phi) is 5.67. The van der Waals surface area contributed by atoms with Crippen molar-refractivity contribution in [2.24, 2.45) is 5.41 Å². The molecule has 0 aromatic heterocycles. The van der Waals surface area contributed by atoms with Crippen molar-refractivity contribution in [2.75, 3.05) is 47.0 Å². The van der Waals surface area contributed by atoms with E-state index in [9.17, 15) is 5.11 Å². The van der Waals surface area contributed by atoms with Crippen molar-refractivity contribution < 1.29 is 14.6 Å². The molecule has 0 radical (unpaired) electrons. The van der Waals surface area contributed by atoms with Crippen LogP contribution in [0.15, 0.2) is 18.2 Å². The molecular weight excluding hydrogens is 280 g/mol. The minimum atomic E-state index is -0.281. The number of benzene rings is 1. The number of aliphatic hydroxyl groups is 1. The molecule has 0 bridgehead atoms. The van der Waals surface area contributed by atoms with Gasteiger partial charge in [-0.05, 0) is 18.2 Å². The first-order valence-corrected chi connectivity index (χ1v) is 7.81. The lowest BCUT2D eigenvalue weighted by Crippen LogP contribution is -2.49. The average Bonchev–Trinajstić information content (AvgIpc) is 2.55. The SMILES string of the molecule is COc1ccc(OC)c([C@@H](N2CCNCC2)C(C)(C)CO)c1. The fourth-order valence-electron chi connectivity index (χ4n) is 3.19. The van der Waals surface area contributed by atoms with Crippen LogP contribution in [0.4, 0.5) is 0 Å². The maximum atomic E-state index is 9.93. The quantitative estimate of drug-likeness (QED) is 0.837. The van der Waals surface area contributed by atoms with Gasteiger partial charge in [-0.2, -0.15) is 0 Å². The number of hydrogen-bond acceptors (Lipinski definition) is 5. The lowest BCUT2D eigenvalue weighted by molar-refractivity contribution is 0.0292. The fraction of sp³-hybridized carbons (Fsp3) is 0.647. The molecule has 1 heterocycles. The molecule has 1 aromatic rings. The molecule has 5 heteroatoms. The molecule has 2 rings (SSSR count). The van der Waals surface area contributed by atoms with E-state index in [2.05, 4.69) is 24.1 Å². The van der Waals surface area contributed by atoms with Gasteiger partial charge in [0.05, 0.1) is 14.2 Å². The third-order valence-electron chi connectivity index (χ3n) is 4.40. The smallest absolute Gasteiger partial charge is 0.123 e. The monoisotopic (exact) mass is 308 g/mol. The minimum absolute atomic E-state index is 0.0737. The largest absolute Gasteiger partial charge is 0.497 e. The Morgan fingerprint density at radius 1 is 1.23 bits per heavy atom. The standard InChI is InChI=1S/C17H28N2O3/c1-17(2,12-20)16(19-9-7-18-8-10-19)14-11-13(21-3)5-6-15(14)22-4/h5-6,11,16,18,20H,7-10,12H2,1-4H3/t16-/m1/s1. The van der Waals surface area contributed by atoms with Gasteiger partial charge in [-0.15, -0.1) is 0 Å². The summed E-state index contributed by atoms with van der Waals surface area (Å²) < 4.78 is 11.0. The topological polar surface area (TPSA) is 54.0 Å². The van der Waals surface area contributed by atoms with Crippen molar-refractivity contribution in [1.82, 2.24) is 10.2 Å². The van der Waals surface area contributed by atoms with Gasteiger partial charge in [0.1, 0.15) is 11.5 Å². The zero-order valence-electron chi connectivity index (χ0n) is 14.1. The van der Waals surface area contributed by atoms with Crippen LogP contribution in [0.3, 0.4) is 0 Å². The van der Waals surface area contributed by atoms with Crippen molar-refractivity contribution in [3.63, 3.8) is 0 Å². The van der Waals surface area contributed by atoms with Gasteiger partial charge in [-0.3, -0.25) is 4.90 Å². The van der Waals surface area contributed by atoms with E-state index in [1.165, 1.54) is 0 Å². The summed E-state index contributed by atoms with van der Waals surface area (Å²) in [5, 5.41) is 13.3. The number of ether oxygens (including phenoxy) is 2. The molecule has 124 valence electrons. The summed E-state index contributed by atoms with van der Waals surface area (Å²) in [5.74, 6) is 1.65. The summed E-state index contributed by atoms with van der Waals surface area (Å²) in [5.41, 5.74) is 0.791. The van der Waals surface area contributed by atoms with E-state index in [-0.39, 0.29) is 18.1 Å². The van der Waals surface area contributed by atoms with Crippen LogP contribution >= 0.6 is 0 Å². The summed E-state index contributed by atoms with van der Waals surface area (Å²) in [6, 6.07) is 5.95. The molecule has 0 unspecified atom stereocenters. The third-order valence-corrected chi connectivity index (χ3v) is 4.40. The van der Waals surface area contributed by atoms with E-state index >= 15 is 0 Å². The van der Waals surface area contributed by atoms with Crippen LogP contribution in [0.25, 0.3) is 0 Å². The summed E-state index contributed by atoms with van der Waals surface area (Å²) in [6.07, 6.45) is 0. The van der Waals surface area contributed by atoms with Gasteiger partial charge < -0.3 is 19.9 Å². The van der Waals surface area contributed by atoms with Gasteiger partial charge in [-0.1, -0.05) is 13.8 Å². The number of nitrogens with one attached hydrogen (secondary N) is 1. The molecule has 0 aliphatic carbocycles. The number of rotatable bonds is 6. The molecule has 2 N–H and O–H groups in total. The van der Waals surface area contributed by atoms with Crippen LogP contribution in [0.1, 0.15) is 25.5 Å². The highest BCUT2D eigenvalue weighted by Crippen LogP contribution is 2.43. The summed E-state index contributed by atoms with van der Waals surface area (Å²) >= 11 is 0. The zero-order valence-corrected chi connectivity index (χ0v) is 14.1. The number of methoxy groups -OCH3 is 2. The summed E-state index contributed by atoms with van der Waals surface area (Å²) in [6.45, 7) is 8.14. The van der Waals surface area contributed by atoms with Crippen molar-refractivity contribution >= 4 is 0 Å². The molecular formula is C17H28N2O3. The molecule has 1 saturated heterocycles. The zero-order chi connectivity index (χ0) is 16.2. The summed E-state index contributed by atoms with van der Waals surface area (Å²) in [4.78, 5) is 2.42. The van der Waals surface area contributed by atoms with E-state index in [1.54, 1.807) is 14.2 Å². The van der Waals surface area contributed by atoms with Gasteiger partial charge in [0.15, 0.2) is 0 Å². The van der Waals surface area contributed by atoms with E-state index in [1.807, 2.05) is 18.2 Å². The van der Waals surface area contributed by atoms with E-state index in [4.69, 9.17) is 9.47 Å². The molecule has 0 saturated carbocycles. The highest BCUT2D eigenvalue weighted by atomic mass is 16.5. The fourth-order valence-corrected chi connectivity index (χ4v) is 3.19. The number of nitrogens with zero attached hydrogens (tertiary/aromatic N) is 1. The Labute approximate surface area is 133 Å². The first kappa shape index (κ1) is 17.1. The Hall–Kier alpha value is -1.30. The average molecular weight is 308 g/mol. The van der Waals surface area contributed by atoms with Crippen LogP contribution in [-0.4, -0.2) is 57.0 Å². The van der Waals surface area contributed by atoms with Crippen LogP contribution in [0.5, 0.6) is 11.5 Å². The highest BCUT2D eigenvalue weighted by molar-refractivity contribution is 5.43. The van der Waals surface area contributed by atoms with Gasteiger partial charge in [-0.25, -0.2) is 0 Å². The Bertz CT molecular complexity index is 485. The molecule has 22 heavy (non-hydrogen) atoms. The number of hydrogen-bond donors (Lipinski definition) is 2. The van der Waals surface area contributed by atoms with Crippen molar-refractivity contribution in [2.45, 2.75) is 19.9 Å². The van der Waals surface area contributed by atoms with E-state index < -0.39 is 0 Å². The van der Waals surface area contributed by atoms with Gasteiger partial charge in [0.2, 0.25) is 0 Å². The molecule has 1 aromatic carbocycles. The molecule has 1 aliphatic rings. The van der Waals surface area contributed by atoms with Crippen molar-refractivity contribution in [1.29, 1.82) is 0 Å². The van der Waals surface area contributed by atoms with Gasteiger partial charge in [0.25, 0.3) is 0 Å². The Balaban J connectivity index is 2.47. The molecule has 1 atom stereocenters. The minimum Gasteiger partial charge on any atom is -0.497 e. The molecule has 0 spiro atoms. The third kappa shape index (κ3) is 3.54. The van der Waals surface area contributed by atoms with Gasteiger partial charge >= 0.3 is 0 Å². The van der Waals surface area contributed by atoms with Crippen molar-refractivity contribution in [3.05, 3.63) is 23.8 Å². The first-order chi connectivity index (χ1) is 10.5. The van der Waals surface area contributed by atoms with E-state index in [0.717, 1.165) is 43.2 Å². The van der Waals surface area contributed by atoms with E-state index in [0.29, 0.717) is 0 Å². The normalized spacial score (nSPS) is 18.0. The second kappa shape index (κ2) is 7.31. The molecule has 1 fully saturated rings. The number of aliphatic hydroxyl groups excluding tert-OH is 1. The lowest BCUT2D eigenvalue weighted by atomic mass is 9.79. The predicted octanol–water partition coefficient (Wildman–Crippen LogP) is 1.67. The van der Waals surface area contributed by atoms with Crippen LogP contribution in [0.2, 0.25) is 0 Å². The van der Waals surface area contributed by atoms with Crippen LogP contribution in [0, 0.1) is 5.41 Å². The number of piperazine rings is 1. The second-order valence-corrected chi connectivity index (χ2v) is 6.44. The molecule has 0 amide bonds. The van der Waals surface area contributed by atoms with Crippen LogP contribution < -0.4 is 14.8 Å². The molecule has 1 aliphatic heterocycles. The highest BCUT2D eigenvalue weighted by Gasteiger charge is 2.37. The molecule has 5 nitrogen and oxygen atoms in total. The lowest BCUT2D eigenvalue weighted by Gasteiger charge is -2.43. The first-order valence-electron chi connectivity index (χ1n) is 7.81. The predicted molar refractivity (Wildman–Crippen MR) is 87.6 cm³/mol. The Morgan fingerprint density at radius 3 is 2.45 bits per heavy atom. The van der Waals surface area contributed by atoms with Crippen LogP contribution in [-0.2, 0) is 0 Å². The van der Waals surface area contributed by atoms with Gasteiger partial charge in [0, 0.05) is 49.8 Å². The Morgan fingerprint density at radius 2 is 1.91 bits per heavy atom. The van der Waals surface area contributed by atoms with Crippen molar-refractivity contribution in [3.8, 4) is 11.5 Å². The second-order valence-electron chi connectivity index (χ2n) is 6.44. The maximum Gasteiger partial charge on any atom is 0.123 e. The summed E-state index contributed by atoms with van der Waals surface area (Å²) in [7, 11) is 3.36.